The van der Waals surface area contributed by atoms with E-state index >= 15 is 0 Å². The fourth-order valence-corrected chi connectivity index (χ4v) is 6.33. The minimum atomic E-state index is -3.86. The lowest BCUT2D eigenvalue weighted by Gasteiger charge is -2.36. The maximum Gasteiger partial charge on any atom is 0.250 e. The maximum atomic E-state index is 13.8. The predicted octanol–water partition coefficient (Wildman–Crippen LogP) is 2.77. The monoisotopic (exact) mass is 486 g/mol. The molecule has 8 nitrogen and oxygen atoms in total. The average Bonchev–Trinajstić information content (AvgIpc) is 2.84. The highest BCUT2D eigenvalue weighted by molar-refractivity contribution is 7.89. The summed E-state index contributed by atoms with van der Waals surface area (Å²) in [5.74, 6) is -0.329. The van der Waals surface area contributed by atoms with Gasteiger partial charge in [0, 0.05) is 45.0 Å². The number of hydrogen-bond donors (Lipinski definition) is 2. The molecule has 2 aliphatic rings. The van der Waals surface area contributed by atoms with Gasteiger partial charge in [-0.25, -0.2) is 13.1 Å². The van der Waals surface area contributed by atoms with Crippen molar-refractivity contribution >= 4 is 27.3 Å². The van der Waals surface area contributed by atoms with Gasteiger partial charge < -0.3 is 19.9 Å². The third-order valence-corrected chi connectivity index (χ3v) is 8.14. The van der Waals surface area contributed by atoms with Gasteiger partial charge in [-0.3, -0.25) is 4.79 Å². The standard InChI is InChI=1S/C25H34N4O4S/c1-3-28-13-15-29(16-14-28)23-12-11-20(26-25(30)18-33-2)17-24(23)34(31,32)27-22-10-6-8-19-7-4-5-9-21(19)22/h4-5,7,9,11-12,17,22,27H,3,6,8,10,13-16,18H2,1-2H3,(H,26,30)/t22-/m1/s1. The summed E-state index contributed by atoms with van der Waals surface area (Å²) in [5, 5.41) is 2.74. The van der Waals surface area contributed by atoms with Gasteiger partial charge in [0.15, 0.2) is 0 Å². The molecule has 1 saturated heterocycles. The predicted molar refractivity (Wildman–Crippen MR) is 134 cm³/mol. The Kier molecular flexibility index (Phi) is 7.88. The number of methoxy groups -OCH3 is 1. The number of nitrogens with zero attached hydrogens (tertiary/aromatic N) is 2. The molecule has 34 heavy (non-hydrogen) atoms. The number of likely N-dealkylation sites (N-methyl/N-ethyl adjacent to an activating group) is 1. The van der Waals surface area contributed by atoms with Crippen molar-refractivity contribution in [3.8, 4) is 0 Å². The summed E-state index contributed by atoms with van der Waals surface area (Å²) in [5.41, 5.74) is 3.33. The highest BCUT2D eigenvalue weighted by atomic mass is 32.2. The topological polar surface area (TPSA) is 91.0 Å². The lowest BCUT2D eigenvalue weighted by atomic mass is 9.88. The Hall–Kier alpha value is -2.46. The van der Waals surface area contributed by atoms with E-state index in [1.165, 1.54) is 12.7 Å². The highest BCUT2D eigenvalue weighted by Crippen LogP contribution is 2.34. The van der Waals surface area contributed by atoms with Gasteiger partial charge in [0.05, 0.1) is 5.69 Å². The lowest BCUT2D eigenvalue weighted by molar-refractivity contribution is -0.119. The van der Waals surface area contributed by atoms with Crippen molar-refractivity contribution in [3.63, 3.8) is 0 Å². The second-order valence-corrected chi connectivity index (χ2v) is 10.5. The van der Waals surface area contributed by atoms with Gasteiger partial charge in [0.1, 0.15) is 11.5 Å². The molecule has 2 aromatic rings. The van der Waals surface area contributed by atoms with Gasteiger partial charge in [-0.15, -0.1) is 0 Å². The summed E-state index contributed by atoms with van der Waals surface area (Å²) in [6.07, 6.45) is 2.65. The molecular weight excluding hydrogens is 452 g/mol. The number of anilines is 2. The molecule has 1 aliphatic carbocycles. The molecule has 1 heterocycles. The molecule has 1 aliphatic heterocycles. The van der Waals surface area contributed by atoms with Crippen molar-refractivity contribution in [2.45, 2.75) is 37.1 Å². The minimum Gasteiger partial charge on any atom is -0.375 e. The number of carbonyl (C=O) groups excluding carboxylic acids is 1. The number of amides is 1. The number of benzene rings is 2. The van der Waals surface area contributed by atoms with Crippen LogP contribution in [0, 0.1) is 0 Å². The summed E-state index contributed by atoms with van der Waals surface area (Å²) in [6, 6.07) is 12.9. The zero-order valence-electron chi connectivity index (χ0n) is 19.9. The van der Waals surface area contributed by atoms with E-state index in [-0.39, 0.29) is 23.5 Å². The van der Waals surface area contributed by atoms with E-state index in [2.05, 4.69) is 32.8 Å². The molecule has 0 unspecified atom stereocenters. The smallest absolute Gasteiger partial charge is 0.250 e. The normalized spacial score (nSPS) is 19.0. The second kappa shape index (κ2) is 10.9. The molecule has 184 valence electrons. The molecule has 0 saturated carbocycles. The van der Waals surface area contributed by atoms with Gasteiger partial charge in [-0.05, 0) is 55.1 Å². The van der Waals surface area contributed by atoms with Crippen LogP contribution in [0.15, 0.2) is 47.4 Å². The fraction of sp³-hybridized carbons (Fsp3) is 0.480. The van der Waals surface area contributed by atoms with Crippen LogP contribution in [0.2, 0.25) is 0 Å². The van der Waals surface area contributed by atoms with E-state index in [4.69, 9.17) is 4.74 Å². The Labute approximate surface area is 202 Å². The van der Waals surface area contributed by atoms with Crippen LogP contribution in [-0.2, 0) is 26.0 Å². The van der Waals surface area contributed by atoms with Crippen LogP contribution in [0.5, 0.6) is 0 Å². The molecule has 1 fully saturated rings. The van der Waals surface area contributed by atoms with Gasteiger partial charge in [-0.1, -0.05) is 31.2 Å². The van der Waals surface area contributed by atoms with Crippen molar-refractivity contribution in [1.82, 2.24) is 9.62 Å². The Balaban J connectivity index is 1.66. The largest absolute Gasteiger partial charge is 0.375 e. The Bertz CT molecular complexity index is 1110. The number of nitrogens with one attached hydrogen (secondary N) is 2. The van der Waals surface area contributed by atoms with Crippen LogP contribution in [0.25, 0.3) is 0 Å². The first-order valence-corrected chi connectivity index (χ1v) is 13.4. The second-order valence-electron chi connectivity index (χ2n) is 8.85. The van der Waals surface area contributed by atoms with Gasteiger partial charge >= 0.3 is 0 Å². The summed E-state index contributed by atoms with van der Waals surface area (Å²) in [6.45, 7) is 6.27. The summed E-state index contributed by atoms with van der Waals surface area (Å²) in [7, 11) is -2.42. The van der Waals surface area contributed by atoms with Crippen LogP contribution < -0.4 is 14.9 Å². The van der Waals surface area contributed by atoms with Gasteiger partial charge in [0.25, 0.3) is 0 Å². The van der Waals surface area contributed by atoms with Crippen molar-refractivity contribution in [3.05, 3.63) is 53.6 Å². The number of rotatable bonds is 8. The molecule has 9 heteroatoms. The number of piperazine rings is 1. The summed E-state index contributed by atoms with van der Waals surface area (Å²) >= 11 is 0. The first-order valence-electron chi connectivity index (χ1n) is 11.9. The van der Waals surface area contributed by atoms with E-state index in [1.54, 1.807) is 18.2 Å². The van der Waals surface area contributed by atoms with Crippen molar-refractivity contribution in [1.29, 1.82) is 0 Å². The summed E-state index contributed by atoms with van der Waals surface area (Å²) < 4.78 is 35.4. The number of sulfonamides is 1. The molecule has 2 aromatic carbocycles. The molecule has 2 N–H and O–H groups in total. The zero-order chi connectivity index (χ0) is 24.1. The first kappa shape index (κ1) is 24.7. The van der Waals surface area contributed by atoms with Crippen molar-refractivity contribution < 1.29 is 17.9 Å². The molecule has 0 aromatic heterocycles. The fourth-order valence-electron chi connectivity index (χ4n) is 4.83. The van der Waals surface area contributed by atoms with Crippen LogP contribution in [0.1, 0.15) is 36.9 Å². The molecule has 1 atom stereocenters. The molecule has 1 amide bonds. The van der Waals surface area contributed by atoms with Crippen molar-refractivity contribution in [2.75, 3.05) is 56.7 Å². The molecule has 0 spiro atoms. The van der Waals surface area contributed by atoms with E-state index in [0.29, 0.717) is 11.4 Å². The number of fused-ring (bicyclic) bond motifs is 1. The SMILES string of the molecule is CCN1CCN(c2ccc(NC(=O)COC)cc2S(=O)(=O)N[C@@H]2CCCc3ccccc32)CC1. The summed E-state index contributed by atoms with van der Waals surface area (Å²) in [4.78, 5) is 16.7. The van der Waals surface area contributed by atoms with E-state index < -0.39 is 10.0 Å². The number of aryl methyl sites for hydroxylation is 1. The maximum absolute atomic E-state index is 13.8. The Morgan fingerprint density at radius 2 is 1.88 bits per heavy atom. The average molecular weight is 487 g/mol. The highest BCUT2D eigenvalue weighted by Gasteiger charge is 2.30. The minimum absolute atomic E-state index is 0.0973. The Morgan fingerprint density at radius 1 is 1.12 bits per heavy atom. The number of ether oxygens (including phenoxy) is 1. The van der Waals surface area contributed by atoms with Crippen LogP contribution in [0.4, 0.5) is 11.4 Å². The van der Waals surface area contributed by atoms with E-state index in [0.717, 1.165) is 57.5 Å². The third-order valence-electron chi connectivity index (χ3n) is 6.64. The number of hydrogen-bond acceptors (Lipinski definition) is 6. The van der Waals surface area contributed by atoms with Crippen LogP contribution >= 0.6 is 0 Å². The third kappa shape index (κ3) is 5.60. The quantitative estimate of drug-likeness (QED) is 0.596. The van der Waals surface area contributed by atoms with E-state index in [1.807, 2.05) is 18.2 Å². The van der Waals surface area contributed by atoms with Crippen LogP contribution in [0.3, 0.4) is 0 Å². The molecule has 4 rings (SSSR count). The molecular formula is C25H34N4O4S. The Morgan fingerprint density at radius 3 is 2.62 bits per heavy atom. The first-order chi connectivity index (χ1) is 16.4. The van der Waals surface area contributed by atoms with Crippen LogP contribution in [-0.4, -0.2) is 65.7 Å². The van der Waals surface area contributed by atoms with Gasteiger partial charge in [-0.2, -0.15) is 0 Å². The van der Waals surface area contributed by atoms with Gasteiger partial charge in [0.2, 0.25) is 15.9 Å². The molecule has 0 radical (unpaired) electrons. The lowest BCUT2D eigenvalue weighted by Crippen LogP contribution is -2.46. The number of carbonyl (C=O) groups is 1. The zero-order valence-corrected chi connectivity index (χ0v) is 20.7. The molecule has 0 bridgehead atoms. The van der Waals surface area contributed by atoms with E-state index in [9.17, 15) is 13.2 Å². The van der Waals surface area contributed by atoms with Crippen molar-refractivity contribution in [2.24, 2.45) is 0 Å².